The first-order valence-electron chi connectivity index (χ1n) is 6.24. The van der Waals surface area contributed by atoms with E-state index in [9.17, 15) is 9.59 Å². The van der Waals surface area contributed by atoms with Crippen molar-refractivity contribution in [2.75, 3.05) is 6.61 Å². The minimum absolute atomic E-state index is 0.226. The van der Waals surface area contributed by atoms with E-state index in [1.807, 2.05) is 0 Å². The smallest absolute Gasteiger partial charge is 0.323 e. The molecular formula is C12H19N3O4. The van der Waals surface area contributed by atoms with Crippen LogP contribution in [0.3, 0.4) is 0 Å². The molecule has 0 atom stereocenters. The summed E-state index contributed by atoms with van der Waals surface area (Å²) in [6.07, 6.45) is 2.14. The first-order chi connectivity index (χ1) is 9.08. The molecule has 0 saturated carbocycles. The number of imidazole rings is 1. The van der Waals surface area contributed by atoms with Crippen molar-refractivity contribution >= 4 is 11.7 Å². The van der Waals surface area contributed by atoms with E-state index in [-0.39, 0.29) is 11.7 Å². The van der Waals surface area contributed by atoms with Gasteiger partial charge in [0.15, 0.2) is 0 Å². The molecule has 0 aliphatic carbocycles. The molecule has 0 spiro atoms. The van der Waals surface area contributed by atoms with Crippen LogP contribution in [0.5, 0.6) is 0 Å². The zero-order chi connectivity index (χ0) is 14.3. The zero-order valence-electron chi connectivity index (χ0n) is 11.2. The van der Waals surface area contributed by atoms with Gasteiger partial charge in [-0.2, -0.15) is 0 Å². The van der Waals surface area contributed by atoms with Gasteiger partial charge in [-0.3, -0.25) is 4.79 Å². The molecule has 1 heterocycles. The molecule has 1 aromatic heterocycles. The number of aromatic nitrogens is 2. The SMILES string of the molecule is CCOC(=O)CCCCC(=NO)c1[nH]c(=O)[nH]c1C. The maximum atomic E-state index is 11.1. The summed E-state index contributed by atoms with van der Waals surface area (Å²) in [4.78, 5) is 27.4. The van der Waals surface area contributed by atoms with Crippen molar-refractivity contribution in [3.05, 3.63) is 21.9 Å². The quantitative estimate of drug-likeness (QED) is 0.228. The number of nitrogens with one attached hydrogen (secondary N) is 2. The number of carbonyl (C=O) groups is 1. The second kappa shape index (κ2) is 7.40. The van der Waals surface area contributed by atoms with Gasteiger partial charge in [-0.05, 0) is 33.1 Å². The fourth-order valence-electron chi connectivity index (χ4n) is 1.78. The van der Waals surface area contributed by atoms with E-state index in [0.29, 0.717) is 49.4 Å². The number of hydrogen-bond donors (Lipinski definition) is 3. The van der Waals surface area contributed by atoms with Crippen molar-refractivity contribution < 1.29 is 14.7 Å². The largest absolute Gasteiger partial charge is 0.466 e. The first kappa shape index (κ1) is 15.0. The second-order valence-corrected chi connectivity index (χ2v) is 4.14. The number of aryl methyl sites for hydroxylation is 1. The standard InChI is InChI=1S/C12H19N3O4/c1-3-19-10(16)7-5-4-6-9(15-18)11-8(2)13-12(17)14-11/h18H,3-7H2,1-2H3,(H2,13,14,17). The maximum absolute atomic E-state index is 11.1. The number of rotatable bonds is 7. The molecule has 0 amide bonds. The topological polar surface area (TPSA) is 108 Å². The van der Waals surface area contributed by atoms with Gasteiger partial charge in [0.05, 0.1) is 12.3 Å². The number of aromatic amines is 2. The second-order valence-electron chi connectivity index (χ2n) is 4.14. The van der Waals surface area contributed by atoms with Crippen LogP contribution in [-0.2, 0) is 9.53 Å². The Morgan fingerprint density at radius 1 is 1.32 bits per heavy atom. The normalized spacial score (nSPS) is 11.6. The molecule has 1 aromatic rings. The zero-order valence-corrected chi connectivity index (χ0v) is 11.2. The molecule has 0 aliphatic rings. The number of nitrogens with zero attached hydrogens (tertiary/aromatic N) is 1. The maximum Gasteiger partial charge on any atom is 0.323 e. The van der Waals surface area contributed by atoms with Crippen LogP contribution in [-0.4, -0.2) is 33.5 Å². The third-order valence-corrected chi connectivity index (χ3v) is 2.67. The molecular weight excluding hydrogens is 250 g/mol. The van der Waals surface area contributed by atoms with E-state index in [1.54, 1.807) is 13.8 Å². The number of oxime groups is 1. The lowest BCUT2D eigenvalue weighted by Gasteiger charge is -2.04. The Kier molecular flexibility index (Phi) is 5.84. The monoisotopic (exact) mass is 269 g/mol. The molecule has 3 N–H and O–H groups in total. The van der Waals surface area contributed by atoms with Crippen LogP contribution in [0.15, 0.2) is 9.95 Å². The number of esters is 1. The fourth-order valence-corrected chi connectivity index (χ4v) is 1.78. The minimum atomic E-state index is -0.333. The van der Waals surface area contributed by atoms with Crippen molar-refractivity contribution in [1.82, 2.24) is 9.97 Å². The molecule has 0 aromatic carbocycles. The number of H-pyrrole nitrogens is 2. The van der Waals surface area contributed by atoms with Gasteiger partial charge in [-0.1, -0.05) is 5.16 Å². The van der Waals surface area contributed by atoms with Crippen LogP contribution < -0.4 is 5.69 Å². The molecule has 7 nitrogen and oxygen atoms in total. The van der Waals surface area contributed by atoms with Gasteiger partial charge in [0.1, 0.15) is 5.71 Å². The molecule has 7 heteroatoms. The summed E-state index contributed by atoms with van der Waals surface area (Å²) in [5.41, 5.74) is 1.20. The molecule has 0 bridgehead atoms. The Bertz CT molecular complexity index is 501. The minimum Gasteiger partial charge on any atom is -0.466 e. The van der Waals surface area contributed by atoms with Crippen LogP contribution in [0.4, 0.5) is 0 Å². The van der Waals surface area contributed by atoms with E-state index < -0.39 is 0 Å². The Morgan fingerprint density at radius 2 is 2.00 bits per heavy atom. The van der Waals surface area contributed by atoms with E-state index in [2.05, 4.69) is 15.1 Å². The molecule has 0 saturated heterocycles. The van der Waals surface area contributed by atoms with Gasteiger partial charge >= 0.3 is 11.7 Å². The Morgan fingerprint density at radius 3 is 2.53 bits per heavy atom. The Labute approximate surface area is 110 Å². The molecule has 0 unspecified atom stereocenters. The highest BCUT2D eigenvalue weighted by Crippen LogP contribution is 2.09. The van der Waals surface area contributed by atoms with Crippen LogP contribution in [0.25, 0.3) is 0 Å². The number of carbonyl (C=O) groups excluding carboxylic acids is 1. The summed E-state index contributed by atoms with van der Waals surface area (Å²) in [6, 6.07) is 0. The summed E-state index contributed by atoms with van der Waals surface area (Å²) in [6.45, 7) is 3.86. The summed E-state index contributed by atoms with van der Waals surface area (Å²) in [5.74, 6) is -0.226. The van der Waals surface area contributed by atoms with E-state index >= 15 is 0 Å². The van der Waals surface area contributed by atoms with E-state index in [1.165, 1.54) is 0 Å². The van der Waals surface area contributed by atoms with Crippen LogP contribution in [0.1, 0.15) is 44.0 Å². The predicted molar refractivity (Wildman–Crippen MR) is 69.6 cm³/mol. The highest BCUT2D eigenvalue weighted by Gasteiger charge is 2.11. The lowest BCUT2D eigenvalue weighted by molar-refractivity contribution is -0.143. The van der Waals surface area contributed by atoms with Crippen molar-refractivity contribution in [3.63, 3.8) is 0 Å². The molecule has 19 heavy (non-hydrogen) atoms. The van der Waals surface area contributed by atoms with Crippen molar-refractivity contribution in [2.45, 2.75) is 39.5 Å². The molecule has 0 aliphatic heterocycles. The number of hydrogen-bond acceptors (Lipinski definition) is 5. The lowest BCUT2D eigenvalue weighted by atomic mass is 10.1. The molecule has 1 rings (SSSR count). The third-order valence-electron chi connectivity index (χ3n) is 2.67. The van der Waals surface area contributed by atoms with Crippen molar-refractivity contribution in [1.29, 1.82) is 0 Å². The van der Waals surface area contributed by atoms with Crippen LogP contribution in [0, 0.1) is 6.92 Å². The van der Waals surface area contributed by atoms with Crippen molar-refractivity contribution in [3.8, 4) is 0 Å². The van der Waals surface area contributed by atoms with Gasteiger partial charge in [0, 0.05) is 12.1 Å². The summed E-state index contributed by atoms with van der Waals surface area (Å²) < 4.78 is 4.81. The van der Waals surface area contributed by atoms with Gasteiger partial charge in [-0.25, -0.2) is 4.79 Å². The molecule has 0 radical (unpaired) electrons. The average Bonchev–Trinajstić information content (AvgIpc) is 2.69. The van der Waals surface area contributed by atoms with E-state index in [4.69, 9.17) is 9.94 Å². The fraction of sp³-hybridized carbons (Fsp3) is 0.583. The highest BCUT2D eigenvalue weighted by atomic mass is 16.5. The van der Waals surface area contributed by atoms with Gasteiger partial charge in [0.25, 0.3) is 0 Å². The van der Waals surface area contributed by atoms with Crippen LogP contribution >= 0.6 is 0 Å². The predicted octanol–water partition coefficient (Wildman–Crippen LogP) is 1.31. The van der Waals surface area contributed by atoms with Gasteiger partial charge in [-0.15, -0.1) is 0 Å². The molecule has 106 valence electrons. The lowest BCUT2D eigenvalue weighted by Crippen LogP contribution is -2.08. The summed E-state index contributed by atoms with van der Waals surface area (Å²) in [5, 5.41) is 12.2. The Balaban J connectivity index is 2.45. The van der Waals surface area contributed by atoms with Gasteiger partial charge < -0.3 is 19.9 Å². The third kappa shape index (κ3) is 4.61. The summed E-state index contributed by atoms with van der Waals surface area (Å²) >= 11 is 0. The highest BCUT2D eigenvalue weighted by molar-refractivity contribution is 5.99. The van der Waals surface area contributed by atoms with Gasteiger partial charge in [0.2, 0.25) is 0 Å². The molecule has 0 fully saturated rings. The summed E-state index contributed by atoms with van der Waals surface area (Å²) in [7, 11) is 0. The number of unbranched alkanes of at least 4 members (excludes halogenated alkanes) is 1. The van der Waals surface area contributed by atoms with Crippen LogP contribution in [0.2, 0.25) is 0 Å². The first-order valence-corrected chi connectivity index (χ1v) is 6.24. The van der Waals surface area contributed by atoms with Crippen molar-refractivity contribution in [2.24, 2.45) is 5.16 Å². The Hall–Kier alpha value is -2.05. The average molecular weight is 269 g/mol. The number of ether oxygens (including phenoxy) is 1. The van der Waals surface area contributed by atoms with E-state index in [0.717, 1.165) is 0 Å².